The van der Waals surface area contributed by atoms with Gasteiger partial charge < -0.3 is 0 Å². The number of nitrogens with one attached hydrogen (secondary N) is 1. The third-order valence-corrected chi connectivity index (χ3v) is 20.0. The maximum atomic E-state index is 13.5. The van der Waals surface area contributed by atoms with E-state index >= 15 is 0 Å². The molecule has 1 aromatic rings. The molecule has 0 heterocycles. The fourth-order valence-corrected chi connectivity index (χ4v) is 18.3. The Morgan fingerprint density at radius 1 is 0.938 bits per heavy atom. The first-order chi connectivity index (χ1) is 15.1. The number of benzene rings is 1. The standard InChI is InChI=1S/C13H19NO4S.3C4H9.Sn/c1-9(2)8-12(13(15)16)14-19(17,18)11-6-4-10(3)5-7-11;3*1-3-4-2;/h4-7,9,12,14H,8H2,1-3H3,(H,15,16);3*1,3-4H2,2H3;/q;;;;+1/p-1/t12-;;;;/m1..../s1. The number of unbranched alkanes of at least 4 members (excludes halogenated alkanes) is 3. The summed E-state index contributed by atoms with van der Waals surface area (Å²) in [6.07, 6.45) is 6.95. The molecule has 0 bridgehead atoms. The zero-order valence-electron chi connectivity index (χ0n) is 21.1. The summed E-state index contributed by atoms with van der Waals surface area (Å²) in [5, 5.41) is 0. The van der Waals surface area contributed by atoms with Crippen LogP contribution in [0.15, 0.2) is 29.2 Å². The zero-order valence-corrected chi connectivity index (χ0v) is 24.7. The minimum atomic E-state index is -3.80. The SMILES string of the molecule is CCC[CH2][Sn]([CH2]CCC)([CH2]CCC)[O]C(=O)[C@@H](CC(C)C)NS(=O)(=O)c1ccc(C)cc1. The molecule has 0 unspecified atom stereocenters. The van der Waals surface area contributed by atoms with Crippen LogP contribution in [0.5, 0.6) is 0 Å². The van der Waals surface area contributed by atoms with Crippen molar-refractivity contribution in [3.63, 3.8) is 0 Å². The molecule has 0 amide bonds. The van der Waals surface area contributed by atoms with Crippen LogP contribution in [0.4, 0.5) is 0 Å². The summed E-state index contributed by atoms with van der Waals surface area (Å²) in [7, 11) is -3.80. The van der Waals surface area contributed by atoms with E-state index in [9.17, 15) is 13.2 Å². The van der Waals surface area contributed by atoms with E-state index in [0.717, 1.165) is 57.4 Å². The molecule has 1 aromatic carbocycles. The molecule has 5 nitrogen and oxygen atoms in total. The van der Waals surface area contributed by atoms with E-state index in [1.807, 2.05) is 20.8 Å². The third-order valence-electron chi connectivity index (χ3n) is 5.90. The van der Waals surface area contributed by atoms with Crippen molar-refractivity contribution in [2.24, 2.45) is 5.92 Å². The van der Waals surface area contributed by atoms with Gasteiger partial charge in [-0.2, -0.15) is 0 Å². The predicted octanol–water partition coefficient (Wildman–Crippen LogP) is 6.58. The Hall–Kier alpha value is -0.601. The molecule has 1 atom stereocenters. The van der Waals surface area contributed by atoms with Crippen LogP contribution in [-0.2, 0) is 17.9 Å². The van der Waals surface area contributed by atoms with Crippen LogP contribution in [0.3, 0.4) is 0 Å². The average molecular weight is 574 g/mol. The van der Waals surface area contributed by atoms with Gasteiger partial charge >= 0.3 is 202 Å². The van der Waals surface area contributed by atoms with Gasteiger partial charge in [0.1, 0.15) is 0 Å². The molecule has 0 saturated heterocycles. The van der Waals surface area contributed by atoms with Gasteiger partial charge in [0.2, 0.25) is 0 Å². The summed E-state index contributed by atoms with van der Waals surface area (Å²) in [5.41, 5.74) is 0.990. The molecule has 32 heavy (non-hydrogen) atoms. The van der Waals surface area contributed by atoms with Crippen molar-refractivity contribution >= 4 is 34.8 Å². The van der Waals surface area contributed by atoms with E-state index in [2.05, 4.69) is 25.5 Å². The Morgan fingerprint density at radius 3 is 1.81 bits per heavy atom. The molecule has 0 aromatic heterocycles. The van der Waals surface area contributed by atoms with Gasteiger partial charge in [0.05, 0.1) is 0 Å². The summed E-state index contributed by atoms with van der Waals surface area (Å²) >= 11 is -3.19. The molecule has 0 saturated carbocycles. The molecule has 0 aliphatic heterocycles. The van der Waals surface area contributed by atoms with E-state index in [0.29, 0.717) is 6.42 Å². The van der Waals surface area contributed by atoms with Gasteiger partial charge in [-0.25, -0.2) is 0 Å². The monoisotopic (exact) mass is 575 g/mol. The van der Waals surface area contributed by atoms with Crippen molar-refractivity contribution in [2.45, 2.75) is 111 Å². The fraction of sp³-hybridized carbons (Fsp3) is 0.720. The molecule has 184 valence electrons. The van der Waals surface area contributed by atoms with Crippen molar-refractivity contribution in [3.8, 4) is 0 Å². The topological polar surface area (TPSA) is 72.5 Å². The summed E-state index contributed by atoms with van der Waals surface area (Å²) in [5.74, 6) is -0.187. The average Bonchev–Trinajstić information content (AvgIpc) is 2.74. The molecule has 0 aliphatic carbocycles. The number of carbonyl (C=O) groups is 1. The van der Waals surface area contributed by atoms with E-state index in [1.165, 1.54) is 0 Å². The van der Waals surface area contributed by atoms with Crippen molar-refractivity contribution in [3.05, 3.63) is 29.8 Å². The van der Waals surface area contributed by atoms with Gasteiger partial charge in [-0.3, -0.25) is 0 Å². The summed E-state index contributed by atoms with van der Waals surface area (Å²) in [4.78, 5) is 13.6. The number of sulfonamides is 1. The molecule has 0 fully saturated rings. The zero-order chi connectivity index (χ0) is 24.2. The van der Waals surface area contributed by atoms with Crippen LogP contribution in [-0.4, -0.2) is 39.2 Å². The van der Waals surface area contributed by atoms with Crippen LogP contribution in [0.25, 0.3) is 0 Å². The Kier molecular flexibility index (Phi) is 13.4. The number of hydrogen-bond acceptors (Lipinski definition) is 4. The Bertz CT molecular complexity index is 756. The summed E-state index contributed by atoms with van der Waals surface area (Å²) in [6.45, 7) is 12.4. The minimum absolute atomic E-state index is 0.166. The van der Waals surface area contributed by atoms with Crippen molar-refractivity contribution < 1.29 is 16.3 Å². The fourth-order valence-electron chi connectivity index (χ4n) is 3.95. The van der Waals surface area contributed by atoms with Crippen LogP contribution in [0.1, 0.15) is 85.1 Å². The molecule has 7 heteroatoms. The Labute approximate surface area is 201 Å². The van der Waals surface area contributed by atoms with Crippen molar-refractivity contribution in [1.29, 1.82) is 0 Å². The second-order valence-corrected chi connectivity index (χ2v) is 22.9. The molecule has 1 rings (SSSR count). The first-order valence-electron chi connectivity index (χ1n) is 12.4. The quantitative estimate of drug-likeness (QED) is 0.227. The summed E-state index contributed by atoms with van der Waals surface area (Å²) < 4.78 is 38.3. The van der Waals surface area contributed by atoms with E-state index in [4.69, 9.17) is 3.07 Å². The third kappa shape index (κ3) is 10.1. The normalized spacial score (nSPS) is 13.3. The van der Waals surface area contributed by atoms with Crippen LogP contribution in [0, 0.1) is 12.8 Å². The van der Waals surface area contributed by atoms with Gasteiger partial charge in [-0.05, 0) is 0 Å². The van der Waals surface area contributed by atoms with Gasteiger partial charge in [-0.15, -0.1) is 0 Å². The van der Waals surface area contributed by atoms with Crippen LogP contribution < -0.4 is 4.72 Å². The molecule has 0 aliphatic rings. The van der Waals surface area contributed by atoms with Gasteiger partial charge in [0, 0.05) is 0 Å². The van der Waals surface area contributed by atoms with Crippen LogP contribution >= 0.6 is 0 Å². The van der Waals surface area contributed by atoms with Gasteiger partial charge in [0.15, 0.2) is 0 Å². The molecular formula is C25H45NO4SSn. The van der Waals surface area contributed by atoms with Gasteiger partial charge in [0.25, 0.3) is 0 Å². The van der Waals surface area contributed by atoms with Crippen LogP contribution in [0.2, 0.25) is 13.3 Å². The molecule has 0 spiro atoms. The Balaban J connectivity index is 3.16. The molecule has 0 radical (unpaired) electrons. The number of hydrogen-bond donors (Lipinski definition) is 1. The molecule has 1 N–H and O–H groups in total. The first kappa shape index (κ1) is 29.4. The molecular weight excluding hydrogens is 529 g/mol. The first-order valence-corrected chi connectivity index (χ1v) is 21.1. The Morgan fingerprint density at radius 2 is 1.41 bits per heavy atom. The number of aryl methyl sites for hydroxylation is 1. The van der Waals surface area contributed by atoms with E-state index in [1.54, 1.807) is 24.3 Å². The van der Waals surface area contributed by atoms with Crippen molar-refractivity contribution in [2.75, 3.05) is 0 Å². The second-order valence-electron chi connectivity index (χ2n) is 9.53. The maximum absolute atomic E-state index is 13.5. The van der Waals surface area contributed by atoms with Crippen molar-refractivity contribution in [1.82, 2.24) is 4.72 Å². The predicted molar refractivity (Wildman–Crippen MR) is 136 cm³/mol. The number of rotatable bonds is 16. The second kappa shape index (κ2) is 14.6. The van der Waals surface area contributed by atoms with E-state index in [-0.39, 0.29) is 16.8 Å². The van der Waals surface area contributed by atoms with Gasteiger partial charge in [-0.1, -0.05) is 0 Å². The van der Waals surface area contributed by atoms with E-state index < -0.39 is 34.9 Å². The summed E-state index contributed by atoms with van der Waals surface area (Å²) in [6, 6.07) is 5.87. The number of carbonyl (C=O) groups excluding carboxylic acids is 1.